The van der Waals surface area contributed by atoms with Crippen LogP contribution in [0.3, 0.4) is 0 Å². The zero-order chi connectivity index (χ0) is 13.7. The minimum atomic E-state index is 0.541. The lowest BCUT2D eigenvalue weighted by atomic mass is 10.2. The van der Waals surface area contributed by atoms with Crippen molar-refractivity contribution in [3.8, 4) is 0 Å². The summed E-state index contributed by atoms with van der Waals surface area (Å²) in [6.07, 6.45) is 3.39. The molecule has 4 nitrogen and oxygen atoms in total. The van der Waals surface area contributed by atoms with E-state index in [9.17, 15) is 0 Å². The molecule has 1 heterocycles. The topological polar surface area (TPSA) is 39.4 Å². The molecule has 2 aromatic rings. The molecule has 0 spiro atoms. The molecule has 2 rings (SSSR count). The third-order valence-corrected chi connectivity index (χ3v) is 3.32. The first-order valence-corrected chi connectivity index (χ1v) is 6.99. The zero-order valence-corrected chi connectivity index (χ0v) is 12.7. The molecule has 0 saturated heterocycles. The van der Waals surface area contributed by atoms with Gasteiger partial charge in [0.2, 0.25) is 0 Å². The number of halogens is 2. The highest BCUT2D eigenvalue weighted by molar-refractivity contribution is 9.10. The van der Waals surface area contributed by atoms with Gasteiger partial charge in [0.1, 0.15) is 6.61 Å². The van der Waals surface area contributed by atoms with Crippen molar-refractivity contribution in [1.29, 1.82) is 0 Å². The molecule has 0 saturated carbocycles. The van der Waals surface area contributed by atoms with Gasteiger partial charge in [-0.25, -0.2) is 0 Å². The molecule has 0 bridgehead atoms. The fraction of sp³-hybridized carbons (Fsp3) is 0.231. The fourth-order valence-electron chi connectivity index (χ4n) is 1.55. The van der Waals surface area contributed by atoms with Crippen LogP contribution in [0.2, 0.25) is 5.02 Å². The number of rotatable bonds is 5. The van der Waals surface area contributed by atoms with Gasteiger partial charge in [-0.1, -0.05) is 28.9 Å². The molecule has 1 aromatic heterocycles. The lowest BCUT2D eigenvalue weighted by Gasteiger charge is -2.05. The molecule has 0 unspecified atom stereocenters. The Bertz CT molecular complexity index is 566. The highest BCUT2D eigenvalue weighted by Gasteiger charge is 2.07. The van der Waals surface area contributed by atoms with Crippen molar-refractivity contribution < 1.29 is 4.84 Å². The van der Waals surface area contributed by atoms with Crippen molar-refractivity contribution >= 4 is 33.7 Å². The van der Waals surface area contributed by atoms with Crippen molar-refractivity contribution in [2.24, 2.45) is 5.16 Å². The Morgan fingerprint density at radius 2 is 2.16 bits per heavy atom. The van der Waals surface area contributed by atoms with Crippen LogP contribution in [0.1, 0.15) is 18.2 Å². The predicted molar refractivity (Wildman–Crippen MR) is 79.7 cm³/mol. The first-order chi connectivity index (χ1) is 9.20. The van der Waals surface area contributed by atoms with E-state index in [1.807, 2.05) is 35.9 Å². The van der Waals surface area contributed by atoms with Gasteiger partial charge in [0, 0.05) is 5.02 Å². The number of nitrogens with zero attached hydrogens (tertiary/aromatic N) is 3. The normalized spacial score (nSPS) is 11.1. The minimum Gasteiger partial charge on any atom is -0.396 e. The Morgan fingerprint density at radius 3 is 2.84 bits per heavy atom. The van der Waals surface area contributed by atoms with Gasteiger partial charge < -0.3 is 4.84 Å². The van der Waals surface area contributed by atoms with Crippen molar-refractivity contribution in [2.75, 3.05) is 6.61 Å². The molecule has 100 valence electrons. The number of hydrogen-bond acceptors (Lipinski definition) is 3. The van der Waals surface area contributed by atoms with E-state index in [4.69, 9.17) is 16.4 Å². The number of benzene rings is 1. The van der Waals surface area contributed by atoms with Crippen LogP contribution < -0.4 is 0 Å². The Labute approximate surface area is 125 Å². The summed E-state index contributed by atoms with van der Waals surface area (Å²) in [5, 5.41) is 8.90. The molecule has 0 fully saturated rings. The van der Waals surface area contributed by atoms with E-state index >= 15 is 0 Å². The first kappa shape index (κ1) is 14.1. The molecule has 0 radical (unpaired) electrons. The van der Waals surface area contributed by atoms with Crippen LogP contribution in [-0.2, 0) is 11.4 Å². The fourth-order valence-corrected chi connectivity index (χ4v) is 2.08. The van der Waals surface area contributed by atoms with E-state index in [2.05, 4.69) is 26.2 Å². The highest BCUT2D eigenvalue weighted by Crippen LogP contribution is 2.16. The Morgan fingerprint density at radius 1 is 1.42 bits per heavy atom. The quantitative estimate of drug-likeness (QED) is 0.614. The van der Waals surface area contributed by atoms with Crippen molar-refractivity contribution in [3.05, 3.63) is 51.2 Å². The van der Waals surface area contributed by atoms with Gasteiger partial charge in [-0.15, -0.1) is 0 Å². The maximum Gasteiger partial charge on any atom is 0.114 e. The van der Waals surface area contributed by atoms with E-state index in [-0.39, 0.29) is 0 Å². The minimum absolute atomic E-state index is 0.541. The van der Waals surface area contributed by atoms with Crippen LogP contribution in [-0.4, -0.2) is 22.6 Å². The molecular formula is C13H13BrClN3O. The lowest BCUT2D eigenvalue weighted by molar-refractivity contribution is 0.160. The molecule has 0 aliphatic rings. The second kappa shape index (κ2) is 6.73. The molecule has 19 heavy (non-hydrogen) atoms. The predicted octanol–water partition coefficient (Wildman–Crippen LogP) is 3.72. The van der Waals surface area contributed by atoms with Crippen LogP contribution in [0, 0.1) is 0 Å². The van der Waals surface area contributed by atoms with Gasteiger partial charge in [0.15, 0.2) is 0 Å². The van der Waals surface area contributed by atoms with Crippen LogP contribution in [0.15, 0.2) is 40.1 Å². The lowest BCUT2D eigenvalue weighted by Crippen LogP contribution is -2.06. The first-order valence-electron chi connectivity index (χ1n) is 5.81. The Kier molecular flexibility index (Phi) is 4.99. The molecule has 0 amide bonds. The SMILES string of the molecule is CCON=Cc1c(Br)cnn1Cc1ccc(Cl)cc1. The summed E-state index contributed by atoms with van der Waals surface area (Å²) in [4.78, 5) is 4.97. The molecule has 1 aromatic carbocycles. The molecule has 6 heteroatoms. The van der Waals surface area contributed by atoms with Gasteiger partial charge in [-0.3, -0.25) is 4.68 Å². The number of hydrogen-bond donors (Lipinski definition) is 0. The summed E-state index contributed by atoms with van der Waals surface area (Å²) in [6, 6.07) is 7.68. The van der Waals surface area contributed by atoms with Gasteiger partial charge in [-0.2, -0.15) is 5.10 Å². The largest absolute Gasteiger partial charge is 0.396 e. The van der Waals surface area contributed by atoms with E-state index in [0.717, 1.165) is 20.8 Å². The summed E-state index contributed by atoms with van der Waals surface area (Å²) < 4.78 is 2.72. The Balaban J connectivity index is 2.18. The molecule has 0 aliphatic heterocycles. The molecule has 0 N–H and O–H groups in total. The van der Waals surface area contributed by atoms with Gasteiger partial charge >= 0.3 is 0 Å². The molecule has 0 atom stereocenters. The summed E-state index contributed by atoms with van der Waals surface area (Å²) in [5.74, 6) is 0. The Hall–Kier alpha value is -1.33. The van der Waals surface area contributed by atoms with Crippen molar-refractivity contribution in [1.82, 2.24) is 9.78 Å². The maximum atomic E-state index is 5.87. The van der Waals surface area contributed by atoms with Crippen LogP contribution in [0.25, 0.3) is 0 Å². The van der Waals surface area contributed by atoms with E-state index < -0.39 is 0 Å². The smallest absolute Gasteiger partial charge is 0.114 e. The zero-order valence-electron chi connectivity index (χ0n) is 10.4. The van der Waals surface area contributed by atoms with E-state index in [1.54, 1.807) is 12.4 Å². The number of aromatic nitrogens is 2. The molecular weight excluding hydrogens is 330 g/mol. The third-order valence-electron chi connectivity index (χ3n) is 2.46. The molecule has 0 aliphatic carbocycles. The van der Waals surface area contributed by atoms with Crippen molar-refractivity contribution in [3.63, 3.8) is 0 Å². The van der Waals surface area contributed by atoms with Crippen LogP contribution in [0.4, 0.5) is 0 Å². The summed E-state index contributed by atoms with van der Waals surface area (Å²) in [7, 11) is 0. The van der Waals surface area contributed by atoms with Crippen LogP contribution >= 0.6 is 27.5 Å². The summed E-state index contributed by atoms with van der Waals surface area (Å²) in [5.41, 5.74) is 1.98. The standard InChI is InChI=1S/C13H13BrClN3O/c1-2-19-17-8-13-12(14)7-16-18(13)9-10-3-5-11(15)6-4-10/h3-8H,2,9H2,1H3. The monoisotopic (exact) mass is 341 g/mol. The van der Waals surface area contributed by atoms with Gasteiger partial charge in [0.05, 0.1) is 29.1 Å². The van der Waals surface area contributed by atoms with Gasteiger partial charge in [0.25, 0.3) is 0 Å². The van der Waals surface area contributed by atoms with E-state index in [0.29, 0.717) is 13.2 Å². The maximum absolute atomic E-state index is 5.87. The van der Waals surface area contributed by atoms with Gasteiger partial charge in [-0.05, 0) is 40.5 Å². The highest BCUT2D eigenvalue weighted by atomic mass is 79.9. The summed E-state index contributed by atoms with van der Waals surface area (Å²) in [6.45, 7) is 3.08. The van der Waals surface area contributed by atoms with E-state index in [1.165, 1.54) is 0 Å². The number of oxime groups is 1. The average molecular weight is 343 g/mol. The average Bonchev–Trinajstić information content (AvgIpc) is 2.74. The second-order valence-corrected chi connectivity index (χ2v) is 5.10. The van der Waals surface area contributed by atoms with Crippen molar-refractivity contribution in [2.45, 2.75) is 13.5 Å². The second-order valence-electron chi connectivity index (χ2n) is 3.81. The third kappa shape index (κ3) is 3.81. The summed E-state index contributed by atoms with van der Waals surface area (Å²) >= 11 is 9.31. The van der Waals surface area contributed by atoms with Crippen LogP contribution in [0.5, 0.6) is 0 Å².